The lowest BCUT2D eigenvalue weighted by molar-refractivity contribution is 0.0600. The number of aryl methyl sites for hydroxylation is 1. The summed E-state index contributed by atoms with van der Waals surface area (Å²) in [6, 6.07) is 16.0. The summed E-state index contributed by atoms with van der Waals surface area (Å²) < 4.78 is 11.2. The largest absolute Gasteiger partial charge is 0.467 e. The molecule has 0 aliphatic carbocycles. The molecule has 4 aromatic rings. The highest BCUT2D eigenvalue weighted by Crippen LogP contribution is 2.31. The third-order valence-corrected chi connectivity index (χ3v) is 5.50. The molecule has 146 valence electrons. The van der Waals surface area contributed by atoms with Crippen LogP contribution in [0.4, 0.5) is 5.13 Å². The van der Waals surface area contributed by atoms with Gasteiger partial charge in [-0.3, -0.25) is 9.69 Å². The smallest absolute Gasteiger partial charge is 0.337 e. The molecule has 2 aromatic heterocycles. The number of esters is 1. The van der Waals surface area contributed by atoms with Crippen molar-refractivity contribution < 1.29 is 18.7 Å². The van der Waals surface area contributed by atoms with E-state index in [2.05, 4.69) is 11.1 Å². The number of nitrogens with zero attached hydrogens (tertiary/aromatic N) is 2. The minimum absolute atomic E-state index is 0.228. The van der Waals surface area contributed by atoms with Gasteiger partial charge in [-0.1, -0.05) is 17.4 Å². The summed E-state index contributed by atoms with van der Waals surface area (Å²) >= 11 is 1.45. The number of methoxy groups -OCH3 is 1. The van der Waals surface area contributed by atoms with Crippen LogP contribution in [0.2, 0.25) is 0 Å². The molecule has 0 spiro atoms. The number of ether oxygens (including phenoxy) is 1. The number of carbonyl (C=O) groups excluding carboxylic acids is 2. The molecular weight excluding hydrogens is 388 g/mol. The van der Waals surface area contributed by atoms with Crippen molar-refractivity contribution in [2.75, 3.05) is 12.0 Å². The second kappa shape index (κ2) is 7.89. The normalized spacial score (nSPS) is 10.8. The van der Waals surface area contributed by atoms with E-state index in [0.717, 1.165) is 15.8 Å². The van der Waals surface area contributed by atoms with Crippen LogP contribution in [0, 0.1) is 6.92 Å². The zero-order valence-corrected chi connectivity index (χ0v) is 16.7. The predicted molar refractivity (Wildman–Crippen MR) is 111 cm³/mol. The van der Waals surface area contributed by atoms with Crippen LogP contribution >= 0.6 is 11.3 Å². The fourth-order valence-corrected chi connectivity index (χ4v) is 4.00. The SMILES string of the molecule is COC(=O)c1ccc(C(=O)N(Cc2ccco2)c2nc3ccc(C)cc3s2)cc1. The number of furan rings is 1. The lowest BCUT2D eigenvalue weighted by atomic mass is 10.1. The first-order chi connectivity index (χ1) is 14.0. The Morgan fingerprint density at radius 1 is 1.10 bits per heavy atom. The molecule has 2 heterocycles. The molecule has 4 rings (SSSR count). The van der Waals surface area contributed by atoms with Gasteiger partial charge in [-0.25, -0.2) is 9.78 Å². The fourth-order valence-electron chi connectivity index (χ4n) is 2.94. The van der Waals surface area contributed by atoms with E-state index >= 15 is 0 Å². The van der Waals surface area contributed by atoms with E-state index in [1.807, 2.05) is 25.1 Å². The van der Waals surface area contributed by atoms with Crippen LogP contribution in [0.5, 0.6) is 0 Å². The third-order valence-electron chi connectivity index (χ3n) is 4.46. The Morgan fingerprint density at radius 2 is 1.86 bits per heavy atom. The van der Waals surface area contributed by atoms with Crippen LogP contribution < -0.4 is 4.90 Å². The van der Waals surface area contributed by atoms with Crippen LogP contribution in [-0.4, -0.2) is 24.0 Å². The molecule has 0 fully saturated rings. The highest BCUT2D eigenvalue weighted by molar-refractivity contribution is 7.22. The van der Waals surface area contributed by atoms with E-state index in [4.69, 9.17) is 9.15 Å². The van der Waals surface area contributed by atoms with E-state index in [1.54, 1.807) is 41.5 Å². The van der Waals surface area contributed by atoms with Gasteiger partial charge in [-0.15, -0.1) is 0 Å². The summed E-state index contributed by atoms with van der Waals surface area (Å²) in [5, 5.41) is 0.587. The Bertz CT molecular complexity index is 1160. The molecule has 2 aromatic carbocycles. The Balaban J connectivity index is 1.71. The van der Waals surface area contributed by atoms with Crippen molar-refractivity contribution in [2.24, 2.45) is 0 Å². The maximum absolute atomic E-state index is 13.3. The van der Waals surface area contributed by atoms with Crippen molar-refractivity contribution in [2.45, 2.75) is 13.5 Å². The number of rotatable bonds is 5. The molecule has 0 N–H and O–H groups in total. The summed E-state index contributed by atoms with van der Waals surface area (Å²) in [4.78, 5) is 31.2. The number of fused-ring (bicyclic) bond motifs is 1. The Hall–Kier alpha value is -3.45. The summed E-state index contributed by atoms with van der Waals surface area (Å²) in [6.07, 6.45) is 1.57. The number of hydrogen-bond acceptors (Lipinski definition) is 6. The number of aromatic nitrogens is 1. The lowest BCUT2D eigenvalue weighted by Crippen LogP contribution is -2.30. The van der Waals surface area contributed by atoms with Gasteiger partial charge in [-0.2, -0.15) is 0 Å². The topological polar surface area (TPSA) is 72.6 Å². The monoisotopic (exact) mass is 406 g/mol. The van der Waals surface area contributed by atoms with Crippen molar-refractivity contribution in [1.82, 2.24) is 4.98 Å². The number of anilines is 1. The first kappa shape index (κ1) is 18.9. The van der Waals surface area contributed by atoms with E-state index in [9.17, 15) is 9.59 Å². The van der Waals surface area contributed by atoms with Gasteiger partial charge in [0.25, 0.3) is 5.91 Å². The second-order valence-electron chi connectivity index (χ2n) is 6.51. The number of hydrogen-bond donors (Lipinski definition) is 0. The summed E-state index contributed by atoms with van der Waals surface area (Å²) in [5.41, 5.74) is 2.81. The molecule has 1 amide bonds. The Morgan fingerprint density at radius 3 is 2.55 bits per heavy atom. The minimum atomic E-state index is -0.446. The number of thiazole rings is 1. The molecule has 0 unspecified atom stereocenters. The summed E-state index contributed by atoms with van der Waals surface area (Å²) in [7, 11) is 1.32. The van der Waals surface area contributed by atoms with Gasteiger partial charge in [0, 0.05) is 5.56 Å². The van der Waals surface area contributed by atoms with Gasteiger partial charge < -0.3 is 9.15 Å². The standard InChI is InChI=1S/C22H18N2O4S/c1-14-5-10-18-19(12-14)29-22(23-18)24(13-17-4-3-11-28-17)20(25)15-6-8-16(9-7-15)21(26)27-2/h3-12H,13H2,1-2H3. The fraction of sp³-hybridized carbons (Fsp3) is 0.136. The molecule has 0 atom stereocenters. The zero-order chi connectivity index (χ0) is 20.4. The van der Waals surface area contributed by atoms with Gasteiger partial charge in [0.2, 0.25) is 0 Å². The average molecular weight is 406 g/mol. The van der Waals surface area contributed by atoms with Crippen LogP contribution in [-0.2, 0) is 11.3 Å². The minimum Gasteiger partial charge on any atom is -0.467 e. The van der Waals surface area contributed by atoms with Crippen LogP contribution in [0.25, 0.3) is 10.2 Å². The Kier molecular flexibility index (Phi) is 5.14. The molecule has 29 heavy (non-hydrogen) atoms. The molecule has 0 aliphatic rings. The summed E-state index contributed by atoms with van der Waals surface area (Å²) in [5.74, 6) is -0.0217. The van der Waals surface area contributed by atoms with E-state index < -0.39 is 5.97 Å². The first-order valence-electron chi connectivity index (χ1n) is 8.95. The molecule has 6 nitrogen and oxygen atoms in total. The van der Waals surface area contributed by atoms with E-state index in [-0.39, 0.29) is 12.5 Å². The van der Waals surface area contributed by atoms with Gasteiger partial charge in [-0.05, 0) is 61.0 Å². The van der Waals surface area contributed by atoms with Crippen molar-refractivity contribution in [1.29, 1.82) is 0 Å². The lowest BCUT2D eigenvalue weighted by Gasteiger charge is -2.19. The van der Waals surface area contributed by atoms with Gasteiger partial charge >= 0.3 is 5.97 Å². The maximum Gasteiger partial charge on any atom is 0.337 e. The number of amides is 1. The van der Waals surface area contributed by atoms with Gasteiger partial charge in [0.1, 0.15) is 5.76 Å². The predicted octanol–water partition coefficient (Wildman–Crippen LogP) is 4.83. The maximum atomic E-state index is 13.3. The van der Waals surface area contributed by atoms with Gasteiger partial charge in [0.05, 0.1) is 35.7 Å². The average Bonchev–Trinajstić information content (AvgIpc) is 3.40. The van der Waals surface area contributed by atoms with Crippen LogP contribution in [0.1, 0.15) is 32.0 Å². The van der Waals surface area contributed by atoms with Crippen molar-refractivity contribution in [3.63, 3.8) is 0 Å². The highest BCUT2D eigenvalue weighted by Gasteiger charge is 2.23. The van der Waals surface area contributed by atoms with E-state index in [1.165, 1.54) is 18.4 Å². The third kappa shape index (κ3) is 3.90. The molecule has 7 heteroatoms. The zero-order valence-electron chi connectivity index (χ0n) is 15.9. The molecule has 0 radical (unpaired) electrons. The number of carbonyl (C=O) groups is 2. The second-order valence-corrected chi connectivity index (χ2v) is 7.52. The molecule has 0 bridgehead atoms. The summed E-state index contributed by atoms with van der Waals surface area (Å²) in [6.45, 7) is 2.27. The molecule has 0 saturated heterocycles. The van der Waals surface area contributed by atoms with E-state index in [0.29, 0.717) is 22.0 Å². The first-order valence-corrected chi connectivity index (χ1v) is 9.76. The Labute approximate surface area is 171 Å². The van der Waals surface area contributed by atoms with Gasteiger partial charge in [0.15, 0.2) is 5.13 Å². The highest BCUT2D eigenvalue weighted by atomic mass is 32.1. The quantitative estimate of drug-likeness (QED) is 0.444. The molecule has 0 saturated carbocycles. The van der Waals surface area contributed by atoms with Crippen molar-refractivity contribution in [3.8, 4) is 0 Å². The van der Waals surface area contributed by atoms with Crippen LogP contribution in [0.3, 0.4) is 0 Å². The molecular formula is C22H18N2O4S. The van der Waals surface area contributed by atoms with Crippen molar-refractivity contribution >= 4 is 38.6 Å². The molecule has 0 aliphatic heterocycles. The number of benzene rings is 2. The van der Waals surface area contributed by atoms with Crippen molar-refractivity contribution in [3.05, 3.63) is 83.3 Å². The van der Waals surface area contributed by atoms with Crippen LogP contribution in [0.15, 0.2) is 65.3 Å².